The average molecular weight is 294 g/mol. The lowest BCUT2D eigenvalue weighted by molar-refractivity contribution is 1.06. The van der Waals surface area contributed by atoms with Crippen LogP contribution in [0.4, 0.5) is 5.69 Å². The predicted octanol–water partition coefficient (Wildman–Crippen LogP) is 3.08. The Morgan fingerprint density at radius 3 is 2.95 bits per heavy atom. The molecule has 6 heteroatoms. The summed E-state index contributed by atoms with van der Waals surface area (Å²) in [4.78, 5) is 20.6. The second-order valence-corrected chi connectivity index (χ2v) is 5.47. The van der Waals surface area contributed by atoms with E-state index in [0.29, 0.717) is 11.3 Å². The monoisotopic (exact) mass is 294 g/mol. The van der Waals surface area contributed by atoms with Crippen LogP contribution in [-0.4, -0.2) is 21.4 Å². The van der Waals surface area contributed by atoms with E-state index in [-0.39, 0.29) is 5.56 Å². The van der Waals surface area contributed by atoms with Gasteiger partial charge in [-0.05, 0) is 12.1 Å². The highest BCUT2D eigenvalue weighted by molar-refractivity contribution is 7.13. The highest BCUT2D eigenvalue weighted by Crippen LogP contribution is 2.33. The molecular formula is C15H10N4OS. The Hall–Kier alpha value is -2.73. The van der Waals surface area contributed by atoms with E-state index in [1.54, 1.807) is 12.4 Å². The van der Waals surface area contributed by atoms with E-state index in [2.05, 4.69) is 20.2 Å². The number of benzene rings is 1. The molecule has 0 fully saturated rings. The number of allylic oxidation sites excluding steroid dienone is 1. The van der Waals surface area contributed by atoms with Crippen molar-refractivity contribution in [1.29, 1.82) is 0 Å². The first kappa shape index (κ1) is 12.0. The molecule has 0 atom stereocenters. The Morgan fingerprint density at radius 1 is 1.19 bits per heavy atom. The predicted molar refractivity (Wildman–Crippen MR) is 85.0 cm³/mol. The van der Waals surface area contributed by atoms with Crippen LogP contribution in [0.25, 0.3) is 22.4 Å². The van der Waals surface area contributed by atoms with Crippen molar-refractivity contribution < 1.29 is 0 Å². The summed E-state index contributed by atoms with van der Waals surface area (Å²) in [7, 11) is 0. The minimum absolute atomic E-state index is 0.162. The van der Waals surface area contributed by atoms with Crippen LogP contribution in [-0.2, 0) is 0 Å². The van der Waals surface area contributed by atoms with Crippen LogP contribution in [0, 0.1) is 0 Å². The molecule has 1 aliphatic rings. The van der Waals surface area contributed by atoms with Crippen LogP contribution in [0.3, 0.4) is 0 Å². The van der Waals surface area contributed by atoms with E-state index in [1.165, 1.54) is 11.3 Å². The zero-order valence-corrected chi connectivity index (χ0v) is 11.6. The first-order valence-electron chi connectivity index (χ1n) is 6.38. The maximum absolute atomic E-state index is 12.0. The van der Waals surface area contributed by atoms with Crippen LogP contribution in [0.2, 0.25) is 0 Å². The normalized spacial score (nSPS) is 14.8. The molecule has 3 heterocycles. The first-order chi connectivity index (χ1) is 10.3. The molecule has 4 rings (SSSR count). The van der Waals surface area contributed by atoms with Crippen molar-refractivity contribution in [1.82, 2.24) is 15.2 Å². The molecular weight excluding hydrogens is 284 g/mol. The number of aromatic nitrogens is 3. The number of fused-ring (bicyclic) bond motifs is 1. The second-order valence-electron chi connectivity index (χ2n) is 4.58. The van der Waals surface area contributed by atoms with Crippen molar-refractivity contribution in [3.8, 4) is 10.7 Å². The lowest BCUT2D eigenvalue weighted by atomic mass is 10.0. The number of aliphatic imine (C=N–C) groups is 1. The van der Waals surface area contributed by atoms with Crippen molar-refractivity contribution in [3.05, 3.63) is 57.3 Å². The van der Waals surface area contributed by atoms with Crippen molar-refractivity contribution in [2.24, 2.45) is 4.99 Å². The fourth-order valence-corrected chi connectivity index (χ4v) is 2.98. The molecule has 3 aromatic rings. The summed E-state index contributed by atoms with van der Waals surface area (Å²) < 4.78 is 0. The molecule has 0 aliphatic carbocycles. The lowest BCUT2D eigenvalue weighted by Crippen LogP contribution is -2.02. The smallest absolute Gasteiger partial charge is 0.271 e. The van der Waals surface area contributed by atoms with Crippen LogP contribution in [0.1, 0.15) is 11.1 Å². The Kier molecular flexibility index (Phi) is 2.68. The van der Waals surface area contributed by atoms with Gasteiger partial charge in [0, 0.05) is 28.9 Å². The van der Waals surface area contributed by atoms with E-state index >= 15 is 0 Å². The second kappa shape index (κ2) is 4.68. The molecule has 0 unspecified atom stereocenters. The molecule has 0 saturated heterocycles. The third-order valence-electron chi connectivity index (χ3n) is 3.32. The zero-order valence-electron chi connectivity index (χ0n) is 10.8. The fraction of sp³-hybridized carbons (Fsp3) is 0. The lowest BCUT2D eigenvalue weighted by Gasteiger charge is -1.99. The Labute approximate surface area is 123 Å². The summed E-state index contributed by atoms with van der Waals surface area (Å²) in [5, 5.41) is 8.18. The van der Waals surface area contributed by atoms with Gasteiger partial charge in [0.15, 0.2) is 0 Å². The number of para-hydroxylation sites is 1. The number of nitrogens with one attached hydrogen (secondary N) is 2. The molecule has 21 heavy (non-hydrogen) atoms. The Morgan fingerprint density at radius 2 is 2.10 bits per heavy atom. The van der Waals surface area contributed by atoms with Gasteiger partial charge in [0.25, 0.3) is 5.56 Å². The Balaban J connectivity index is 1.87. The molecule has 2 aromatic heterocycles. The van der Waals surface area contributed by atoms with E-state index in [9.17, 15) is 4.79 Å². The van der Waals surface area contributed by atoms with Crippen molar-refractivity contribution >= 4 is 34.9 Å². The number of hydrogen-bond donors (Lipinski definition) is 2. The number of thiazole rings is 1. The molecule has 1 aromatic carbocycles. The molecule has 1 aliphatic heterocycles. The third kappa shape index (κ3) is 1.96. The minimum atomic E-state index is -0.162. The van der Waals surface area contributed by atoms with E-state index in [4.69, 9.17) is 0 Å². The van der Waals surface area contributed by atoms with Gasteiger partial charge in [0.2, 0.25) is 0 Å². The fourth-order valence-electron chi connectivity index (χ4n) is 2.33. The van der Waals surface area contributed by atoms with Gasteiger partial charge in [-0.2, -0.15) is 0 Å². The SMILES string of the molecule is O=c1[nH][nH]c(-c2nccs2)c1C=C1C=Nc2ccccc21. The van der Waals surface area contributed by atoms with E-state index < -0.39 is 0 Å². The Bertz CT molecular complexity index is 915. The average Bonchev–Trinajstić information content (AvgIpc) is 3.21. The van der Waals surface area contributed by atoms with Gasteiger partial charge in [-0.1, -0.05) is 18.2 Å². The summed E-state index contributed by atoms with van der Waals surface area (Å²) in [5.74, 6) is 0. The van der Waals surface area contributed by atoms with Gasteiger partial charge in [-0.15, -0.1) is 11.3 Å². The summed E-state index contributed by atoms with van der Waals surface area (Å²) >= 11 is 1.48. The van der Waals surface area contributed by atoms with Crippen molar-refractivity contribution in [3.63, 3.8) is 0 Å². The minimum Gasteiger partial charge on any atom is -0.295 e. The highest BCUT2D eigenvalue weighted by Gasteiger charge is 2.16. The zero-order chi connectivity index (χ0) is 14.2. The van der Waals surface area contributed by atoms with Crippen LogP contribution in [0.5, 0.6) is 0 Å². The number of rotatable bonds is 2. The summed E-state index contributed by atoms with van der Waals surface area (Å²) in [6.07, 6.45) is 5.35. The molecule has 0 saturated carbocycles. The highest BCUT2D eigenvalue weighted by atomic mass is 32.1. The van der Waals surface area contributed by atoms with Crippen molar-refractivity contribution in [2.75, 3.05) is 0 Å². The quantitative estimate of drug-likeness (QED) is 0.762. The molecule has 0 amide bonds. The molecule has 0 bridgehead atoms. The standard InChI is InChI=1S/C15H10N4OS/c20-14-11(13(18-19-14)15-16-5-6-21-15)7-9-8-17-12-4-2-1-3-10(9)12/h1-8H,(H2,18,19,20). The molecule has 0 spiro atoms. The van der Waals surface area contributed by atoms with Gasteiger partial charge in [0.05, 0.1) is 11.3 Å². The number of nitrogens with zero attached hydrogens (tertiary/aromatic N) is 2. The van der Waals surface area contributed by atoms with E-state index in [0.717, 1.165) is 21.8 Å². The van der Waals surface area contributed by atoms with Gasteiger partial charge >= 0.3 is 0 Å². The van der Waals surface area contributed by atoms with Crippen LogP contribution >= 0.6 is 11.3 Å². The molecule has 0 radical (unpaired) electrons. The summed E-state index contributed by atoms with van der Waals surface area (Å²) in [5.41, 5.74) is 4.00. The number of H-pyrrole nitrogens is 2. The van der Waals surface area contributed by atoms with Crippen LogP contribution < -0.4 is 5.56 Å². The maximum Gasteiger partial charge on any atom is 0.271 e. The summed E-state index contributed by atoms with van der Waals surface area (Å²) in [6, 6.07) is 7.86. The van der Waals surface area contributed by atoms with Gasteiger partial charge in [-0.3, -0.25) is 20.0 Å². The molecule has 5 nitrogen and oxygen atoms in total. The molecule has 2 N–H and O–H groups in total. The van der Waals surface area contributed by atoms with Crippen molar-refractivity contribution in [2.45, 2.75) is 0 Å². The number of aromatic amines is 2. The van der Waals surface area contributed by atoms with Crippen LogP contribution in [0.15, 0.2) is 45.6 Å². The summed E-state index contributed by atoms with van der Waals surface area (Å²) in [6.45, 7) is 0. The molecule has 102 valence electrons. The van der Waals surface area contributed by atoms with Gasteiger partial charge < -0.3 is 0 Å². The van der Waals surface area contributed by atoms with E-state index in [1.807, 2.05) is 35.7 Å². The third-order valence-corrected chi connectivity index (χ3v) is 4.11. The topological polar surface area (TPSA) is 73.9 Å². The van der Waals surface area contributed by atoms with Gasteiger partial charge in [-0.25, -0.2) is 4.98 Å². The van der Waals surface area contributed by atoms with Gasteiger partial charge in [0.1, 0.15) is 10.7 Å². The maximum atomic E-state index is 12.0. The largest absolute Gasteiger partial charge is 0.295 e. The first-order valence-corrected chi connectivity index (χ1v) is 7.26. The number of hydrogen-bond acceptors (Lipinski definition) is 4.